The van der Waals surface area contributed by atoms with E-state index < -0.39 is 9.84 Å². The molecule has 1 aromatic carbocycles. The van der Waals surface area contributed by atoms with Crippen molar-refractivity contribution in [1.29, 1.82) is 0 Å². The van der Waals surface area contributed by atoms with Crippen molar-refractivity contribution in [2.45, 2.75) is 23.8 Å². The Hall–Kier alpha value is -1.11. The van der Waals surface area contributed by atoms with Crippen molar-refractivity contribution < 1.29 is 13.2 Å². The molecule has 0 bridgehead atoms. The second-order valence-corrected chi connectivity index (χ2v) is 8.19. The highest BCUT2D eigenvalue weighted by Crippen LogP contribution is 2.37. The molecule has 1 aliphatic carbocycles. The van der Waals surface area contributed by atoms with Gasteiger partial charge in [-0.25, -0.2) is 8.42 Å². The van der Waals surface area contributed by atoms with Crippen LogP contribution in [-0.4, -0.2) is 44.6 Å². The standard InChI is InChI=1S/C15H20N2O3S.ClH/c1-21(19,20)12-4-2-3-10(7-12)15(18)17-8-11-5-6-14(16)13(11)9-17;/h2-4,7,11,13-14H,5-6,8-9,16H2,1H3;1H. The number of hydrogen-bond donors (Lipinski definition) is 1. The van der Waals surface area contributed by atoms with Crippen LogP contribution in [0.4, 0.5) is 0 Å². The molecule has 3 rings (SSSR count). The number of likely N-dealkylation sites (tertiary alicyclic amines) is 1. The van der Waals surface area contributed by atoms with Crippen LogP contribution in [-0.2, 0) is 9.84 Å². The van der Waals surface area contributed by atoms with Crippen molar-refractivity contribution >= 4 is 28.2 Å². The minimum absolute atomic E-state index is 0. The van der Waals surface area contributed by atoms with Gasteiger partial charge in [0.15, 0.2) is 9.84 Å². The summed E-state index contributed by atoms with van der Waals surface area (Å²) in [6.07, 6.45) is 3.27. The zero-order valence-corrected chi connectivity index (χ0v) is 14.1. The fourth-order valence-electron chi connectivity index (χ4n) is 3.52. The number of rotatable bonds is 2. The first kappa shape index (κ1) is 17.2. The molecule has 1 saturated heterocycles. The van der Waals surface area contributed by atoms with Crippen molar-refractivity contribution in [3.63, 3.8) is 0 Å². The molecule has 2 fully saturated rings. The average Bonchev–Trinajstić information content (AvgIpc) is 3.00. The molecule has 1 aliphatic heterocycles. The Morgan fingerprint density at radius 1 is 1.27 bits per heavy atom. The number of nitrogens with two attached hydrogens (primary N) is 1. The topological polar surface area (TPSA) is 80.5 Å². The fourth-order valence-corrected chi connectivity index (χ4v) is 4.18. The Balaban J connectivity index is 0.00000176. The smallest absolute Gasteiger partial charge is 0.253 e. The first-order valence-electron chi connectivity index (χ1n) is 7.21. The van der Waals surface area contributed by atoms with Crippen LogP contribution in [0.2, 0.25) is 0 Å². The van der Waals surface area contributed by atoms with Crippen LogP contribution in [0.15, 0.2) is 29.2 Å². The predicted octanol–water partition coefficient (Wildman–Crippen LogP) is 1.32. The molecule has 2 N–H and O–H groups in total. The maximum absolute atomic E-state index is 12.6. The SMILES string of the molecule is CS(=O)(=O)c1cccc(C(=O)N2CC3CCC(N)C3C2)c1.Cl. The highest BCUT2D eigenvalue weighted by atomic mass is 35.5. The lowest BCUT2D eigenvalue weighted by atomic mass is 9.98. The van der Waals surface area contributed by atoms with E-state index in [0.29, 0.717) is 23.9 Å². The van der Waals surface area contributed by atoms with E-state index in [9.17, 15) is 13.2 Å². The Labute approximate surface area is 137 Å². The average molecular weight is 345 g/mol. The molecule has 3 atom stereocenters. The Bertz CT molecular complexity index is 677. The number of hydrogen-bond acceptors (Lipinski definition) is 4. The predicted molar refractivity (Wildman–Crippen MR) is 86.9 cm³/mol. The first-order chi connectivity index (χ1) is 9.86. The molecule has 0 spiro atoms. The molecule has 1 aromatic rings. The molecule has 7 heteroatoms. The third kappa shape index (κ3) is 3.14. The van der Waals surface area contributed by atoms with Gasteiger partial charge < -0.3 is 10.6 Å². The molecule has 5 nitrogen and oxygen atoms in total. The van der Waals surface area contributed by atoms with E-state index in [1.54, 1.807) is 12.1 Å². The van der Waals surface area contributed by atoms with Crippen LogP contribution in [0, 0.1) is 11.8 Å². The van der Waals surface area contributed by atoms with E-state index in [1.165, 1.54) is 12.1 Å². The van der Waals surface area contributed by atoms with Gasteiger partial charge in [0.25, 0.3) is 5.91 Å². The summed E-state index contributed by atoms with van der Waals surface area (Å²) < 4.78 is 23.2. The highest BCUT2D eigenvalue weighted by molar-refractivity contribution is 7.90. The number of amides is 1. The molecule has 22 heavy (non-hydrogen) atoms. The quantitative estimate of drug-likeness (QED) is 0.877. The lowest BCUT2D eigenvalue weighted by Crippen LogP contribution is -2.33. The number of carbonyl (C=O) groups is 1. The number of halogens is 1. The normalized spacial score (nSPS) is 27.4. The number of sulfone groups is 1. The van der Waals surface area contributed by atoms with Crippen molar-refractivity contribution in [3.8, 4) is 0 Å². The molecule has 1 saturated carbocycles. The molecule has 3 unspecified atom stereocenters. The fraction of sp³-hybridized carbons (Fsp3) is 0.533. The Kier molecular flexibility index (Phi) is 4.84. The van der Waals surface area contributed by atoms with Crippen molar-refractivity contribution in [1.82, 2.24) is 4.90 Å². The number of fused-ring (bicyclic) bond motifs is 1. The molecule has 1 amide bonds. The van der Waals surface area contributed by atoms with Gasteiger partial charge in [-0.2, -0.15) is 0 Å². The van der Waals surface area contributed by atoms with Crippen molar-refractivity contribution in [3.05, 3.63) is 29.8 Å². The number of nitrogens with zero attached hydrogens (tertiary/aromatic N) is 1. The van der Waals surface area contributed by atoms with E-state index in [2.05, 4.69) is 0 Å². The Morgan fingerprint density at radius 3 is 2.64 bits per heavy atom. The van der Waals surface area contributed by atoms with E-state index in [0.717, 1.165) is 25.6 Å². The highest BCUT2D eigenvalue weighted by Gasteiger charge is 2.42. The summed E-state index contributed by atoms with van der Waals surface area (Å²) in [4.78, 5) is 14.6. The van der Waals surface area contributed by atoms with Crippen LogP contribution in [0.3, 0.4) is 0 Å². The summed E-state index contributed by atoms with van der Waals surface area (Å²) >= 11 is 0. The molecular weight excluding hydrogens is 324 g/mol. The third-order valence-corrected chi connectivity index (χ3v) is 5.82. The second-order valence-electron chi connectivity index (χ2n) is 6.18. The number of carbonyl (C=O) groups excluding carboxylic acids is 1. The van der Waals surface area contributed by atoms with Gasteiger partial charge in [0.1, 0.15) is 0 Å². The minimum atomic E-state index is -3.30. The largest absolute Gasteiger partial charge is 0.338 e. The lowest BCUT2D eigenvalue weighted by molar-refractivity contribution is 0.0779. The summed E-state index contributed by atoms with van der Waals surface area (Å²) in [5.41, 5.74) is 6.52. The van der Waals surface area contributed by atoms with Gasteiger partial charge >= 0.3 is 0 Å². The van der Waals surface area contributed by atoms with Gasteiger partial charge in [-0.05, 0) is 42.9 Å². The molecule has 0 radical (unpaired) electrons. The maximum Gasteiger partial charge on any atom is 0.253 e. The molecular formula is C15H21ClN2O3S. The van der Waals surface area contributed by atoms with Gasteiger partial charge in [-0.3, -0.25) is 4.79 Å². The summed E-state index contributed by atoms with van der Waals surface area (Å²) in [5, 5.41) is 0. The lowest BCUT2D eigenvalue weighted by Gasteiger charge is -2.19. The number of benzene rings is 1. The second kappa shape index (κ2) is 6.18. The van der Waals surface area contributed by atoms with Gasteiger partial charge in [0.2, 0.25) is 0 Å². The minimum Gasteiger partial charge on any atom is -0.338 e. The van der Waals surface area contributed by atoms with Crippen LogP contribution in [0.25, 0.3) is 0 Å². The van der Waals surface area contributed by atoms with Crippen molar-refractivity contribution in [2.24, 2.45) is 17.6 Å². The summed E-state index contributed by atoms with van der Waals surface area (Å²) in [6, 6.07) is 6.46. The molecule has 0 aromatic heterocycles. The van der Waals surface area contributed by atoms with Gasteiger partial charge in [-0.1, -0.05) is 6.07 Å². The summed E-state index contributed by atoms with van der Waals surface area (Å²) in [5.74, 6) is 0.802. The van der Waals surface area contributed by atoms with Gasteiger partial charge in [-0.15, -0.1) is 12.4 Å². The Morgan fingerprint density at radius 2 is 2.00 bits per heavy atom. The third-order valence-electron chi connectivity index (χ3n) is 4.71. The monoisotopic (exact) mass is 344 g/mol. The molecule has 1 heterocycles. The van der Waals surface area contributed by atoms with Crippen molar-refractivity contribution in [2.75, 3.05) is 19.3 Å². The zero-order valence-electron chi connectivity index (χ0n) is 12.4. The zero-order chi connectivity index (χ0) is 15.2. The van der Waals surface area contributed by atoms with Crippen LogP contribution < -0.4 is 5.73 Å². The molecule has 122 valence electrons. The maximum atomic E-state index is 12.6. The first-order valence-corrected chi connectivity index (χ1v) is 9.10. The van der Waals surface area contributed by atoms with E-state index in [4.69, 9.17) is 5.73 Å². The summed E-state index contributed by atoms with van der Waals surface area (Å²) in [6.45, 7) is 1.42. The van der Waals surface area contributed by atoms with E-state index >= 15 is 0 Å². The van der Waals surface area contributed by atoms with Gasteiger partial charge in [0.05, 0.1) is 4.90 Å². The van der Waals surface area contributed by atoms with Crippen LogP contribution >= 0.6 is 12.4 Å². The summed E-state index contributed by atoms with van der Waals surface area (Å²) in [7, 11) is -3.30. The van der Waals surface area contributed by atoms with E-state index in [-0.39, 0.29) is 29.3 Å². The van der Waals surface area contributed by atoms with Crippen LogP contribution in [0.1, 0.15) is 23.2 Å². The van der Waals surface area contributed by atoms with Gasteiger partial charge in [0, 0.05) is 31.0 Å². The van der Waals surface area contributed by atoms with E-state index in [1.807, 2.05) is 4.90 Å². The molecule has 2 aliphatic rings. The van der Waals surface area contributed by atoms with Crippen LogP contribution in [0.5, 0.6) is 0 Å².